The Morgan fingerprint density at radius 1 is 1.43 bits per heavy atom. The van der Waals surface area contributed by atoms with E-state index in [2.05, 4.69) is 36.3 Å². The normalized spacial score (nSPS) is 10.7. The van der Waals surface area contributed by atoms with E-state index < -0.39 is 4.92 Å². The van der Waals surface area contributed by atoms with E-state index in [0.717, 1.165) is 22.3 Å². The highest BCUT2D eigenvalue weighted by molar-refractivity contribution is 9.10. The average molecular weight is 355 g/mol. The van der Waals surface area contributed by atoms with Crippen LogP contribution in [0.4, 0.5) is 11.5 Å². The van der Waals surface area contributed by atoms with Crippen LogP contribution in [0.3, 0.4) is 0 Å². The summed E-state index contributed by atoms with van der Waals surface area (Å²) >= 11 is 3.41. The summed E-state index contributed by atoms with van der Waals surface area (Å²) in [5.74, 6) is 0.357. The lowest BCUT2D eigenvalue weighted by Crippen LogP contribution is -2.11. The molecule has 1 N–H and O–H groups in total. The minimum Gasteiger partial charge on any atom is -0.364 e. The second kappa shape index (κ2) is 6.17. The standard InChI is InChI=1S/C12H15BrN6O2/c1-4-5-14-11-10(19(20)21)12(16-6-15-11)18-8(3)9(13)7(2)17-18/h6H,4-5H2,1-3H3,(H,14,15,16). The highest BCUT2D eigenvalue weighted by atomic mass is 79.9. The van der Waals surface area contributed by atoms with Gasteiger partial charge in [-0.3, -0.25) is 10.1 Å². The van der Waals surface area contributed by atoms with Crippen LogP contribution < -0.4 is 5.32 Å². The Balaban J connectivity index is 2.62. The largest absolute Gasteiger partial charge is 0.364 e. The van der Waals surface area contributed by atoms with Crippen molar-refractivity contribution in [2.24, 2.45) is 0 Å². The smallest absolute Gasteiger partial charge is 0.355 e. The Labute approximate surface area is 129 Å². The van der Waals surface area contributed by atoms with Crippen molar-refractivity contribution in [3.05, 3.63) is 32.3 Å². The topological polar surface area (TPSA) is 98.8 Å². The van der Waals surface area contributed by atoms with Gasteiger partial charge in [-0.1, -0.05) is 6.92 Å². The van der Waals surface area contributed by atoms with Crippen molar-refractivity contribution in [2.75, 3.05) is 11.9 Å². The molecule has 9 heteroatoms. The molecular weight excluding hydrogens is 340 g/mol. The summed E-state index contributed by atoms with van der Waals surface area (Å²) in [5, 5.41) is 18.7. The summed E-state index contributed by atoms with van der Waals surface area (Å²) < 4.78 is 2.26. The molecule has 2 rings (SSSR count). The number of nitrogens with zero attached hydrogens (tertiary/aromatic N) is 5. The Morgan fingerprint density at radius 2 is 2.14 bits per heavy atom. The van der Waals surface area contributed by atoms with Gasteiger partial charge in [-0.25, -0.2) is 14.6 Å². The first kappa shape index (κ1) is 15.4. The maximum atomic E-state index is 11.4. The zero-order valence-corrected chi connectivity index (χ0v) is 13.5. The lowest BCUT2D eigenvalue weighted by Gasteiger charge is -2.08. The zero-order chi connectivity index (χ0) is 15.6. The van der Waals surface area contributed by atoms with E-state index in [1.807, 2.05) is 20.8 Å². The number of halogens is 1. The molecule has 8 nitrogen and oxygen atoms in total. The van der Waals surface area contributed by atoms with Gasteiger partial charge in [-0.15, -0.1) is 0 Å². The van der Waals surface area contributed by atoms with Crippen molar-refractivity contribution in [3.63, 3.8) is 0 Å². The predicted molar refractivity (Wildman–Crippen MR) is 81.8 cm³/mol. The number of aryl methyl sites for hydroxylation is 1. The van der Waals surface area contributed by atoms with Crippen LogP contribution in [0.5, 0.6) is 0 Å². The summed E-state index contributed by atoms with van der Waals surface area (Å²) in [6, 6.07) is 0. The third-order valence-electron chi connectivity index (χ3n) is 2.93. The van der Waals surface area contributed by atoms with Crippen molar-refractivity contribution < 1.29 is 4.92 Å². The maximum Gasteiger partial charge on any atom is 0.355 e. The predicted octanol–water partition coefficient (Wildman–Crippen LogP) is 2.77. The van der Waals surface area contributed by atoms with E-state index in [1.165, 1.54) is 11.0 Å². The molecule has 21 heavy (non-hydrogen) atoms. The average Bonchev–Trinajstić information content (AvgIpc) is 2.72. The second-order valence-corrected chi connectivity index (χ2v) is 5.27. The lowest BCUT2D eigenvalue weighted by molar-refractivity contribution is -0.384. The molecule has 0 aromatic carbocycles. The fourth-order valence-electron chi connectivity index (χ4n) is 1.90. The molecule has 0 amide bonds. The molecule has 0 spiro atoms. The second-order valence-electron chi connectivity index (χ2n) is 4.47. The fourth-order valence-corrected chi connectivity index (χ4v) is 2.14. The third-order valence-corrected chi connectivity index (χ3v) is 4.08. The summed E-state index contributed by atoms with van der Waals surface area (Å²) in [5.41, 5.74) is 1.31. The summed E-state index contributed by atoms with van der Waals surface area (Å²) in [6.45, 7) is 6.20. The van der Waals surface area contributed by atoms with E-state index in [9.17, 15) is 10.1 Å². The fraction of sp³-hybridized carbons (Fsp3) is 0.417. The van der Waals surface area contributed by atoms with Gasteiger partial charge >= 0.3 is 5.69 Å². The molecule has 0 aliphatic carbocycles. The van der Waals surface area contributed by atoms with Crippen LogP contribution in [0.1, 0.15) is 24.7 Å². The van der Waals surface area contributed by atoms with Crippen LogP contribution in [-0.4, -0.2) is 31.2 Å². The van der Waals surface area contributed by atoms with Gasteiger partial charge in [-0.2, -0.15) is 5.10 Å². The SMILES string of the molecule is CCCNc1ncnc(-n2nc(C)c(Br)c2C)c1[N+](=O)[O-]. The van der Waals surface area contributed by atoms with Crippen LogP contribution in [0.25, 0.3) is 5.82 Å². The highest BCUT2D eigenvalue weighted by Crippen LogP contribution is 2.30. The molecule has 2 aromatic rings. The molecule has 0 fully saturated rings. The number of hydrogen-bond donors (Lipinski definition) is 1. The lowest BCUT2D eigenvalue weighted by atomic mass is 10.3. The van der Waals surface area contributed by atoms with Crippen molar-refractivity contribution in [2.45, 2.75) is 27.2 Å². The first-order valence-corrected chi connectivity index (χ1v) is 7.22. The van der Waals surface area contributed by atoms with Gasteiger partial charge in [0, 0.05) is 6.54 Å². The minimum atomic E-state index is -0.488. The van der Waals surface area contributed by atoms with E-state index in [1.54, 1.807) is 0 Å². The van der Waals surface area contributed by atoms with E-state index in [-0.39, 0.29) is 17.3 Å². The molecule has 0 unspecified atom stereocenters. The van der Waals surface area contributed by atoms with Crippen LogP contribution in [0.2, 0.25) is 0 Å². The van der Waals surface area contributed by atoms with E-state index in [4.69, 9.17) is 0 Å². The van der Waals surface area contributed by atoms with Gasteiger partial charge in [0.1, 0.15) is 6.33 Å². The summed E-state index contributed by atoms with van der Waals surface area (Å²) in [6.07, 6.45) is 2.13. The van der Waals surface area contributed by atoms with Gasteiger partial charge in [-0.05, 0) is 36.2 Å². The quantitative estimate of drug-likeness (QED) is 0.654. The Morgan fingerprint density at radius 3 is 2.67 bits per heavy atom. The molecule has 0 saturated carbocycles. The third kappa shape index (κ3) is 2.87. The Bertz CT molecular complexity index is 685. The van der Waals surface area contributed by atoms with Gasteiger partial charge in [0.25, 0.3) is 0 Å². The summed E-state index contributed by atoms with van der Waals surface area (Å²) in [4.78, 5) is 18.9. The number of nitrogens with one attached hydrogen (secondary N) is 1. The summed E-state index contributed by atoms with van der Waals surface area (Å²) in [7, 11) is 0. The van der Waals surface area contributed by atoms with Crippen molar-refractivity contribution in [1.82, 2.24) is 19.7 Å². The number of aromatic nitrogens is 4. The monoisotopic (exact) mass is 354 g/mol. The molecule has 0 aliphatic rings. The number of nitro groups is 1. The molecule has 112 valence electrons. The van der Waals surface area contributed by atoms with E-state index in [0.29, 0.717) is 6.54 Å². The van der Waals surface area contributed by atoms with Crippen molar-refractivity contribution >= 4 is 27.4 Å². The van der Waals surface area contributed by atoms with Crippen LogP contribution >= 0.6 is 15.9 Å². The van der Waals surface area contributed by atoms with E-state index >= 15 is 0 Å². The Kier molecular flexibility index (Phi) is 4.51. The van der Waals surface area contributed by atoms with Crippen LogP contribution in [0, 0.1) is 24.0 Å². The van der Waals surface area contributed by atoms with Crippen LogP contribution in [-0.2, 0) is 0 Å². The van der Waals surface area contributed by atoms with Gasteiger partial charge in [0.15, 0.2) is 0 Å². The molecular formula is C12H15BrN6O2. The van der Waals surface area contributed by atoms with Gasteiger partial charge < -0.3 is 5.32 Å². The minimum absolute atomic E-state index is 0.153. The molecule has 0 saturated heterocycles. The Hall–Kier alpha value is -2.03. The molecule has 2 heterocycles. The maximum absolute atomic E-state index is 11.4. The first-order chi connectivity index (χ1) is 9.97. The first-order valence-electron chi connectivity index (χ1n) is 6.42. The zero-order valence-electron chi connectivity index (χ0n) is 11.9. The van der Waals surface area contributed by atoms with Gasteiger partial charge in [0.05, 0.1) is 20.8 Å². The van der Waals surface area contributed by atoms with Crippen molar-refractivity contribution in [3.8, 4) is 5.82 Å². The number of hydrogen-bond acceptors (Lipinski definition) is 6. The molecule has 0 atom stereocenters. The highest BCUT2D eigenvalue weighted by Gasteiger charge is 2.26. The van der Waals surface area contributed by atoms with Gasteiger partial charge in [0.2, 0.25) is 11.6 Å². The molecule has 0 bridgehead atoms. The molecule has 2 aromatic heterocycles. The van der Waals surface area contributed by atoms with Crippen molar-refractivity contribution in [1.29, 1.82) is 0 Å². The van der Waals surface area contributed by atoms with Crippen LogP contribution in [0.15, 0.2) is 10.8 Å². The number of anilines is 1. The molecule has 0 aliphatic heterocycles. The molecule has 0 radical (unpaired) electrons. The number of rotatable bonds is 5.